The zero-order valence-corrected chi connectivity index (χ0v) is 20.3. The maximum Gasteiger partial charge on any atom is 0.416 e. The monoisotopic (exact) mass is 509 g/mol. The molecule has 2 N–H and O–H groups in total. The lowest BCUT2D eigenvalue weighted by molar-refractivity contribution is -0.138. The van der Waals surface area contributed by atoms with Gasteiger partial charge in [-0.05, 0) is 43.5 Å². The summed E-state index contributed by atoms with van der Waals surface area (Å²) in [5.74, 6) is 0.218. The number of nitrogens with one attached hydrogen (secondary N) is 2. The molecule has 0 amide bonds. The summed E-state index contributed by atoms with van der Waals surface area (Å²) in [5.41, 5.74) is 0.823. The Labute approximate surface area is 207 Å². The number of benzene rings is 2. The van der Waals surface area contributed by atoms with Crippen LogP contribution in [0.3, 0.4) is 0 Å². The van der Waals surface area contributed by atoms with Crippen molar-refractivity contribution in [2.45, 2.75) is 44.6 Å². The summed E-state index contributed by atoms with van der Waals surface area (Å²) in [7, 11) is 1.78. The third kappa shape index (κ3) is 5.90. The minimum absolute atomic E-state index is 0.00814. The molecule has 3 aromatic rings. The lowest BCUT2D eigenvalue weighted by Crippen LogP contribution is -2.43. The second-order valence-corrected chi connectivity index (χ2v) is 9.24. The normalized spacial score (nSPS) is 15.9. The molecular formula is C25H28ClF4N5. The van der Waals surface area contributed by atoms with Crippen LogP contribution in [0, 0.1) is 5.82 Å². The summed E-state index contributed by atoms with van der Waals surface area (Å²) in [5, 5.41) is 11.5. The summed E-state index contributed by atoms with van der Waals surface area (Å²) < 4.78 is 55.9. The van der Waals surface area contributed by atoms with Crippen molar-refractivity contribution in [1.29, 1.82) is 0 Å². The first-order chi connectivity index (χ1) is 16.6. The summed E-state index contributed by atoms with van der Waals surface area (Å²) >= 11 is 6.22. The minimum atomic E-state index is -4.41. The molecule has 1 atom stereocenters. The Morgan fingerprint density at radius 1 is 1.11 bits per heavy atom. The fourth-order valence-electron chi connectivity index (χ4n) is 4.60. The molecule has 1 aromatic heterocycles. The highest BCUT2D eigenvalue weighted by molar-refractivity contribution is 6.33. The number of hydrogen-bond donors (Lipinski definition) is 2. The van der Waals surface area contributed by atoms with E-state index in [1.165, 1.54) is 18.2 Å². The molecule has 1 aliphatic rings. The molecule has 1 fully saturated rings. The van der Waals surface area contributed by atoms with Crippen LogP contribution in [0.4, 0.5) is 29.1 Å². The predicted octanol–water partition coefficient (Wildman–Crippen LogP) is 6.16. The maximum absolute atomic E-state index is 14.3. The van der Waals surface area contributed by atoms with Crippen molar-refractivity contribution in [3.8, 4) is 0 Å². The molecule has 0 saturated carbocycles. The van der Waals surface area contributed by atoms with E-state index in [2.05, 4.69) is 15.7 Å². The Balaban J connectivity index is 1.39. The highest BCUT2D eigenvalue weighted by Crippen LogP contribution is 2.33. The second-order valence-electron chi connectivity index (χ2n) is 8.84. The number of rotatable bonds is 7. The predicted molar refractivity (Wildman–Crippen MR) is 130 cm³/mol. The largest absolute Gasteiger partial charge is 0.416 e. The molecule has 35 heavy (non-hydrogen) atoms. The van der Waals surface area contributed by atoms with E-state index in [0.717, 1.165) is 24.5 Å². The molecule has 188 valence electrons. The van der Waals surface area contributed by atoms with Gasteiger partial charge in [0.25, 0.3) is 0 Å². The van der Waals surface area contributed by atoms with Crippen molar-refractivity contribution in [1.82, 2.24) is 15.1 Å². The fraction of sp³-hybridized carbons (Fsp3) is 0.400. The highest BCUT2D eigenvalue weighted by Gasteiger charge is 2.33. The standard InChI is InChI=1S/C25H28ClF4N5/c1-16(32-18-10-12-35(13-11-18)23-21(26)8-5-9-22(23)27)19-15-34(2)33-24(19)31-14-17-6-3-4-7-20(17)25(28,29)30/h3-9,15-16,18,32H,10-14H2,1-2H3,(H,31,33). The molecule has 1 aliphatic heterocycles. The van der Waals surface area contributed by atoms with E-state index in [4.69, 9.17) is 11.6 Å². The number of aryl methyl sites for hydroxylation is 1. The van der Waals surface area contributed by atoms with Crippen molar-refractivity contribution in [3.63, 3.8) is 0 Å². The summed E-state index contributed by atoms with van der Waals surface area (Å²) in [4.78, 5) is 1.97. The van der Waals surface area contributed by atoms with E-state index in [9.17, 15) is 17.6 Å². The number of anilines is 2. The van der Waals surface area contributed by atoms with Gasteiger partial charge in [-0.3, -0.25) is 4.68 Å². The maximum atomic E-state index is 14.3. The summed E-state index contributed by atoms with van der Waals surface area (Å²) in [6.45, 7) is 3.34. The average Bonchev–Trinajstić information content (AvgIpc) is 3.19. The van der Waals surface area contributed by atoms with Crippen LogP contribution < -0.4 is 15.5 Å². The van der Waals surface area contributed by atoms with Crippen LogP contribution in [0.2, 0.25) is 5.02 Å². The lowest BCUT2D eigenvalue weighted by atomic mass is 10.0. The molecule has 2 heterocycles. The Bertz CT molecular complexity index is 1130. The van der Waals surface area contributed by atoms with Crippen molar-refractivity contribution < 1.29 is 17.6 Å². The van der Waals surface area contributed by atoms with Crippen LogP contribution >= 0.6 is 11.6 Å². The molecular weight excluding hydrogens is 482 g/mol. The lowest BCUT2D eigenvalue weighted by Gasteiger charge is -2.35. The van der Waals surface area contributed by atoms with Crippen LogP contribution in [0.25, 0.3) is 0 Å². The molecule has 1 saturated heterocycles. The number of para-hydroxylation sites is 1. The first-order valence-corrected chi connectivity index (χ1v) is 11.9. The van der Waals surface area contributed by atoms with Gasteiger partial charge >= 0.3 is 6.18 Å². The van der Waals surface area contributed by atoms with Crippen molar-refractivity contribution >= 4 is 23.1 Å². The number of nitrogens with zero attached hydrogens (tertiary/aromatic N) is 3. The summed E-state index contributed by atoms with van der Waals surface area (Å²) in [6, 6.07) is 10.3. The van der Waals surface area contributed by atoms with Crippen LogP contribution in [0.15, 0.2) is 48.7 Å². The topological polar surface area (TPSA) is 45.1 Å². The molecule has 4 rings (SSSR count). The Kier molecular flexibility index (Phi) is 7.56. The Hall–Kier alpha value is -2.78. The number of hydrogen-bond acceptors (Lipinski definition) is 4. The van der Waals surface area contributed by atoms with E-state index in [-0.39, 0.29) is 30.0 Å². The number of alkyl halides is 3. The van der Waals surface area contributed by atoms with Crippen molar-refractivity contribution in [2.24, 2.45) is 7.05 Å². The third-order valence-electron chi connectivity index (χ3n) is 6.33. The van der Waals surface area contributed by atoms with Gasteiger partial charge in [0.15, 0.2) is 5.82 Å². The van der Waals surface area contributed by atoms with Gasteiger partial charge in [0.1, 0.15) is 5.82 Å². The first-order valence-electron chi connectivity index (χ1n) is 11.5. The van der Waals surface area contributed by atoms with E-state index >= 15 is 0 Å². The van der Waals surface area contributed by atoms with Gasteiger partial charge in [0, 0.05) is 50.5 Å². The van der Waals surface area contributed by atoms with E-state index < -0.39 is 11.7 Å². The summed E-state index contributed by atoms with van der Waals surface area (Å²) in [6.07, 6.45) is -0.945. The van der Waals surface area contributed by atoms with E-state index in [1.54, 1.807) is 29.9 Å². The zero-order valence-electron chi connectivity index (χ0n) is 19.5. The molecule has 2 aromatic carbocycles. The van der Waals surface area contributed by atoms with Gasteiger partial charge < -0.3 is 15.5 Å². The first kappa shape index (κ1) is 25.3. The molecule has 10 heteroatoms. The van der Waals surface area contributed by atoms with Gasteiger partial charge in [-0.25, -0.2) is 4.39 Å². The molecule has 1 unspecified atom stereocenters. The van der Waals surface area contributed by atoms with E-state index in [0.29, 0.717) is 29.6 Å². The third-order valence-corrected chi connectivity index (χ3v) is 6.63. The van der Waals surface area contributed by atoms with Crippen LogP contribution in [-0.2, 0) is 19.8 Å². The molecule has 0 spiro atoms. The fourth-order valence-corrected chi connectivity index (χ4v) is 4.88. The van der Waals surface area contributed by atoms with Gasteiger partial charge in [0.05, 0.1) is 16.3 Å². The van der Waals surface area contributed by atoms with Crippen LogP contribution in [0.1, 0.15) is 42.5 Å². The number of halogens is 5. The van der Waals surface area contributed by atoms with Crippen LogP contribution in [-0.4, -0.2) is 28.9 Å². The molecule has 0 aliphatic carbocycles. The van der Waals surface area contributed by atoms with E-state index in [1.807, 2.05) is 18.0 Å². The quantitative estimate of drug-likeness (QED) is 0.374. The van der Waals surface area contributed by atoms with Crippen molar-refractivity contribution in [2.75, 3.05) is 23.3 Å². The van der Waals surface area contributed by atoms with Gasteiger partial charge in [0.2, 0.25) is 0 Å². The van der Waals surface area contributed by atoms with Gasteiger partial charge in [-0.15, -0.1) is 0 Å². The Morgan fingerprint density at radius 3 is 2.51 bits per heavy atom. The zero-order chi connectivity index (χ0) is 25.2. The van der Waals surface area contributed by atoms with Gasteiger partial charge in [-0.1, -0.05) is 35.9 Å². The van der Waals surface area contributed by atoms with Crippen molar-refractivity contribution in [3.05, 3.63) is 76.2 Å². The second kappa shape index (κ2) is 10.5. The SMILES string of the molecule is CC(NC1CCN(c2c(F)cccc2Cl)CC1)c1cn(C)nc1NCc1ccccc1C(F)(F)F. The minimum Gasteiger partial charge on any atom is -0.368 e. The number of aromatic nitrogens is 2. The molecule has 0 bridgehead atoms. The Morgan fingerprint density at radius 2 is 1.83 bits per heavy atom. The van der Waals surface area contributed by atoms with Crippen LogP contribution in [0.5, 0.6) is 0 Å². The molecule has 0 radical (unpaired) electrons. The van der Waals surface area contributed by atoms with Gasteiger partial charge in [-0.2, -0.15) is 18.3 Å². The smallest absolute Gasteiger partial charge is 0.368 e. The number of piperidine rings is 1. The highest BCUT2D eigenvalue weighted by atomic mass is 35.5. The average molecular weight is 510 g/mol. The molecule has 5 nitrogen and oxygen atoms in total.